The molecule has 0 amide bonds. The molecule has 2 N–H and O–H groups in total. The van der Waals surface area contributed by atoms with E-state index < -0.39 is 0 Å². The zero-order valence-electron chi connectivity index (χ0n) is 9.72. The van der Waals surface area contributed by atoms with Gasteiger partial charge in [-0.3, -0.25) is 0 Å². The first-order valence-corrected chi connectivity index (χ1v) is 6.57. The lowest BCUT2D eigenvalue weighted by Gasteiger charge is -2.10. The van der Waals surface area contributed by atoms with Crippen LogP contribution in [0.4, 0.5) is 0 Å². The molecule has 0 atom stereocenters. The van der Waals surface area contributed by atoms with Gasteiger partial charge in [-0.25, -0.2) is 0 Å². The molecule has 1 aliphatic heterocycles. The van der Waals surface area contributed by atoms with Crippen molar-refractivity contribution < 1.29 is 14.2 Å². The second-order valence-electron chi connectivity index (χ2n) is 3.94. The van der Waals surface area contributed by atoms with Crippen LogP contribution in [0.1, 0.15) is 11.1 Å². The molecular formula is C13H13NO3S. The minimum atomic E-state index is 0.257. The van der Waals surface area contributed by atoms with Gasteiger partial charge in [-0.05, 0) is 28.5 Å². The summed E-state index contributed by atoms with van der Waals surface area (Å²) >= 11 is 1.66. The average Bonchev–Trinajstić information content (AvgIpc) is 3.05. The van der Waals surface area contributed by atoms with Crippen LogP contribution in [0.3, 0.4) is 0 Å². The summed E-state index contributed by atoms with van der Waals surface area (Å²) in [7, 11) is 0. The third-order valence-corrected chi connectivity index (χ3v) is 3.48. The van der Waals surface area contributed by atoms with Crippen LogP contribution in [-0.2, 0) is 13.2 Å². The molecule has 0 saturated carbocycles. The second-order valence-corrected chi connectivity index (χ2v) is 4.72. The molecule has 0 saturated heterocycles. The summed E-state index contributed by atoms with van der Waals surface area (Å²) in [6.45, 7) is 1.21. The Balaban J connectivity index is 1.82. The van der Waals surface area contributed by atoms with Gasteiger partial charge in [0.1, 0.15) is 12.4 Å². The number of hydrogen-bond donors (Lipinski definition) is 1. The van der Waals surface area contributed by atoms with E-state index in [4.69, 9.17) is 19.9 Å². The SMILES string of the molecule is NCc1cc2c(cc1OCc1ccsc1)OCO2. The van der Waals surface area contributed by atoms with Crippen LogP contribution in [0.5, 0.6) is 17.2 Å². The molecule has 5 heteroatoms. The van der Waals surface area contributed by atoms with E-state index in [9.17, 15) is 0 Å². The predicted octanol–water partition coefficient (Wildman–Crippen LogP) is 2.51. The Labute approximate surface area is 109 Å². The van der Waals surface area contributed by atoms with Gasteiger partial charge in [0.15, 0.2) is 11.5 Å². The van der Waals surface area contributed by atoms with Crippen LogP contribution in [0, 0.1) is 0 Å². The molecule has 1 aliphatic rings. The quantitative estimate of drug-likeness (QED) is 0.921. The van der Waals surface area contributed by atoms with Gasteiger partial charge in [0, 0.05) is 18.2 Å². The second kappa shape index (κ2) is 4.88. The molecular weight excluding hydrogens is 250 g/mol. The molecule has 0 fully saturated rings. The van der Waals surface area contributed by atoms with Crippen molar-refractivity contribution in [3.63, 3.8) is 0 Å². The van der Waals surface area contributed by atoms with Gasteiger partial charge in [-0.2, -0.15) is 11.3 Å². The summed E-state index contributed by atoms with van der Waals surface area (Å²) in [5, 5.41) is 4.09. The first kappa shape index (κ1) is 11.4. The fraction of sp³-hybridized carbons (Fsp3) is 0.231. The fourth-order valence-electron chi connectivity index (χ4n) is 1.80. The van der Waals surface area contributed by atoms with Crippen molar-refractivity contribution in [1.82, 2.24) is 0 Å². The standard InChI is InChI=1S/C13H13NO3S/c14-5-10-3-12-13(17-8-16-12)4-11(10)15-6-9-1-2-18-7-9/h1-4,7H,5-6,8,14H2. The van der Waals surface area contributed by atoms with Crippen LogP contribution < -0.4 is 19.9 Å². The molecule has 0 unspecified atom stereocenters. The predicted molar refractivity (Wildman–Crippen MR) is 69.1 cm³/mol. The van der Waals surface area contributed by atoms with Gasteiger partial charge in [-0.1, -0.05) is 0 Å². The Morgan fingerprint density at radius 2 is 2.11 bits per heavy atom. The maximum absolute atomic E-state index is 5.79. The number of rotatable bonds is 4. The van der Waals surface area contributed by atoms with E-state index in [-0.39, 0.29) is 6.79 Å². The number of fused-ring (bicyclic) bond motifs is 1. The molecule has 1 aromatic carbocycles. The first-order valence-electron chi connectivity index (χ1n) is 5.63. The Kier molecular flexibility index (Phi) is 3.08. The van der Waals surface area contributed by atoms with Crippen molar-refractivity contribution in [3.05, 3.63) is 40.1 Å². The van der Waals surface area contributed by atoms with Gasteiger partial charge < -0.3 is 19.9 Å². The Hall–Kier alpha value is -1.72. The smallest absolute Gasteiger partial charge is 0.231 e. The van der Waals surface area contributed by atoms with Gasteiger partial charge in [0.2, 0.25) is 6.79 Å². The van der Waals surface area contributed by atoms with E-state index in [2.05, 4.69) is 5.38 Å². The van der Waals surface area contributed by atoms with E-state index in [1.165, 1.54) is 0 Å². The molecule has 2 aromatic rings. The molecule has 4 nitrogen and oxygen atoms in total. The molecule has 18 heavy (non-hydrogen) atoms. The van der Waals surface area contributed by atoms with Crippen LogP contribution in [0.2, 0.25) is 0 Å². The summed E-state index contributed by atoms with van der Waals surface area (Å²) in [4.78, 5) is 0. The Morgan fingerprint density at radius 1 is 1.28 bits per heavy atom. The minimum Gasteiger partial charge on any atom is -0.488 e. The molecule has 0 radical (unpaired) electrons. The summed E-state index contributed by atoms with van der Waals surface area (Å²) in [5.74, 6) is 2.21. The van der Waals surface area contributed by atoms with E-state index in [1.54, 1.807) is 11.3 Å². The maximum Gasteiger partial charge on any atom is 0.231 e. The van der Waals surface area contributed by atoms with Crippen molar-refractivity contribution in [1.29, 1.82) is 0 Å². The third kappa shape index (κ3) is 2.14. The third-order valence-electron chi connectivity index (χ3n) is 2.75. The van der Waals surface area contributed by atoms with Crippen molar-refractivity contribution in [3.8, 4) is 17.2 Å². The van der Waals surface area contributed by atoms with E-state index in [0.29, 0.717) is 18.9 Å². The lowest BCUT2D eigenvalue weighted by atomic mass is 10.1. The highest BCUT2D eigenvalue weighted by Crippen LogP contribution is 2.38. The summed E-state index contributed by atoms with van der Waals surface area (Å²) in [6.07, 6.45) is 0. The fourth-order valence-corrected chi connectivity index (χ4v) is 2.45. The van der Waals surface area contributed by atoms with E-state index >= 15 is 0 Å². The van der Waals surface area contributed by atoms with Gasteiger partial charge in [0.25, 0.3) is 0 Å². The van der Waals surface area contributed by atoms with Crippen LogP contribution >= 0.6 is 11.3 Å². The molecule has 0 spiro atoms. The van der Waals surface area contributed by atoms with Crippen LogP contribution in [-0.4, -0.2) is 6.79 Å². The normalized spacial score (nSPS) is 12.7. The largest absolute Gasteiger partial charge is 0.488 e. The number of thiophene rings is 1. The molecule has 0 aliphatic carbocycles. The Morgan fingerprint density at radius 3 is 2.83 bits per heavy atom. The van der Waals surface area contributed by atoms with E-state index in [1.807, 2.05) is 23.6 Å². The summed E-state index contributed by atoms with van der Waals surface area (Å²) in [5.41, 5.74) is 7.80. The average molecular weight is 263 g/mol. The summed E-state index contributed by atoms with van der Waals surface area (Å²) in [6, 6.07) is 5.77. The minimum absolute atomic E-state index is 0.257. The highest BCUT2D eigenvalue weighted by Gasteiger charge is 2.17. The van der Waals surface area contributed by atoms with Crippen molar-refractivity contribution in [2.45, 2.75) is 13.2 Å². The van der Waals surface area contributed by atoms with E-state index in [0.717, 1.165) is 22.6 Å². The molecule has 94 valence electrons. The Bertz CT molecular complexity index is 539. The summed E-state index contributed by atoms with van der Waals surface area (Å²) < 4.78 is 16.4. The molecule has 0 bridgehead atoms. The molecule has 2 heterocycles. The maximum atomic E-state index is 5.79. The zero-order valence-corrected chi connectivity index (χ0v) is 10.5. The van der Waals surface area contributed by atoms with Gasteiger partial charge >= 0.3 is 0 Å². The van der Waals surface area contributed by atoms with Gasteiger partial charge in [0.05, 0.1) is 0 Å². The monoisotopic (exact) mass is 263 g/mol. The number of benzene rings is 1. The van der Waals surface area contributed by atoms with Gasteiger partial charge in [-0.15, -0.1) is 0 Å². The topological polar surface area (TPSA) is 53.7 Å². The van der Waals surface area contributed by atoms with Crippen LogP contribution in [0.25, 0.3) is 0 Å². The molecule has 3 rings (SSSR count). The molecule has 1 aromatic heterocycles. The first-order chi connectivity index (χ1) is 8.86. The van der Waals surface area contributed by atoms with Crippen LogP contribution in [0.15, 0.2) is 29.0 Å². The lowest BCUT2D eigenvalue weighted by molar-refractivity contribution is 0.173. The number of ether oxygens (including phenoxy) is 3. The zero-order chi connectivity index (χ0) is 12.4. The number of hydrogen-bond acceptors (Lipinski definition) is 5. The van der Waals surface area contributed by atoms with Crippen molar-refractivity contribution in [2.24, 2.45) is 5.73 Å². The van der Waals surface area contributed by atoms with Crippen molar-refractivity contribution >= 4 is 11.3 Å². The highest BCUT2D eigenvalue weighted by atomic mass is 32.1. The highest BCUT2D eigenvalue weighted by molar-refractivity contribution is 7.07. The lowest BCUT2D eigenvalue weighted by Crippen LogP contribution is -2.02. The number of nitrogens with two attached hydrogens (primary N) is 1. The van der Waals surface area contributed by atoms with Crippen molar-refractivity contribution in [2.75, 3.05) is 6.79 Å².